The SMILES string of the molecule is C=C(C)C(=Nc1cc(Oc2ccnc(C(=O)NCCCOC)c2)ccc1C)Nc1ccc(Br)c(F)c1. The Kier molecular flexibility index (Phi) is 9.72. The zero-order chi connectivity index (χ0) is 26.1. The lowest BCUT2D eigenvalue weighted by molar-refractivity contribution is 0.0943. The van der Waals surface area contributed by atoms with Gasteiger partial charge in [0, 0.05) is 44.3 Å². The van der Waals surface area contributed by atoms with E-state index in [0.717, 1.165) is 5.56 Å². The van der Waals surface area contributed by atoms with Crippen molar-refractivity contribution in [3.63, 3.8) is 0 Å². The minimum atomic E-state index is -0.381. The van der Waals surface area contributed by atoms with Crippen LogP contribution in [-0.2, 0) is 4.74 Å². The van der Waals surface area contributed by atoms with E-state index in [0.29, 0.717) is 58.3 Å². The number of anilines is 1. The van der Waals surface area contributed by atoms with Crippen LogP contribution in [0.2, 0.25) is 0 Å². The summed E-state index contributed by atoms with van der Waals surface area (Å²) in [5, 5.41) is 5.93. The molecule has 0 radical (unpaired) electrons. The molecule has 0 aliphatic rings. The number of carbonyl (C=O) groups is 1. The van der Waals surface area contributed by atoms with Gasteiger partial charge in [0.2, 0.25) is 0 Å². The average molecular weight is 555 g/mol. The zero-order valence-electron chi connectivity index (χ0n) is 20.4. The third-order valence-electron chi connectivity index (χ3n) is 5.01. The second-order valence-electron chi connectivity index (χ2n) is 8.02. The summed E-state index contributed by atoms with van der Waals surface area (Å²) >= 11 is 3.16. The van der Waals surface area contributed by atoms with Crippen LogP contribution in [0.4, 0.5) is 15.8 Å². The summed E-state index contributed by atoms with van der Waals surface area (Å²) in [7, 11) is 1.62. The smallest absolute Gasteiger partial charge is 0.270 e. The van der Waals surface area contributed by atoms with Crippen LogP contribution in [0.1, 0.15) is 29.4 Å². The Morgan fingerprint density at radius 3 is 2.67 bits per heavy atom. The van der Waals surface area contributed by atoms with Crippen LogP contribution in [0.3, 0.4) is 0 Å². The molecule has 1 amide bonds. The number of nitrogens with one attached hydrogen (secondary N) is 2. The predicted octanol–water partition coefficient (Wildman–Crippen LogP) is 6.57. The van der Waals surface area contributed by atoms with E-state index in [-0.39, 0.29) is 17.4 Å². The van der Waals surface area contributed by atoms with Gasteiger partial charge in [-0.15, -0.1) is 0 Å². The molecular weight excluding hydrogens is 527 g/mol. The Morgan fingerprint density at radius 2 is 1.94 bits per heavy atom. The summed E-state index contributed by atoms with van der Waals surface area (Å²) in [5.74, 6) is 0.829. The molecule has 0 aliphatic carbocycles. The number of hydrogen-bond acceptors (Lipinski definition) is 5. The summed E-state index contributed by atoms with van der Waals surface area (Å²) in [6.45, 7) is 8.79. The maximum atomic E-state index is 14.0. The third kappa shape index (κ3) is 7.73. The normalized spacial score (nSPS) is 11.2. The van der Waals surface area contributed by atoms with Crippen LogP contribution in [0, 0.1) is 12.7 Å². The Hall–Kier alpha value is -3.56. The molecule has 0 bridgehead atoms. The van der Waals surface area contributed by atoms with Crippen LogP contribution in [0.15, 0.2) is 76.3 Å². The van der Waals surface area contributed by atoms with E-state index in [4.69, 9.17) is 14.5 Å². The number of benzene rings is 2. The number of ether oxygens (including phenoxy) is 2. The third-order valence-corrected chi connectivity index (χ3v) is 5.65. The van der Waals surface area contributed by atoms with E-state index in [2.05, 4.69) is 38.1 Å². The molecule has 1 aromatic heterocycles. The van der Waals surface area contributed by atoms with Crippen molar-refractivity contribution >= 4 is 39.0 Å². The molecule has 2 aromatic carbocycles. The van der Waals surface area contributed by atoms with Crippen molar-refractivity contribution in [1.29, 1.82) is 0 Å². The number of carbonyl (C=O) groups excluding carboxylic acids is 1. The second-order valence-corrected chi connectivity index (χ2v) is 8.88. The minimum absolute atomic E-state index is 0.255. The number of pyridine rings is 1. The first-order chi connectivity index (χ1) is 17.3. The highest BCUT2D eigenvalue weighted by atomic mass is 79.9. The largest absolute Gasteiger partial charge is 0.457 e. The number of methoxy groups -OCH3 is 1. The van der Waals surface area contributed by atoms with Gasteiger partial charge in [0.1, 0.15) is 28.8 Å². The van der Waals surface area contributed by atoms with Crippen molar-refractivity contribution in [2.45, 2.75) is 20.3 Å². The van der Waals surface area contributed by atoms with Gasteiger partial charge in [-0.05, 0) is 77.7 Å². The minimum Gasteiger partial charge on any atom is -0.457 e. The number of hydrogen-bond donors (Lipinski definition) is 2. The topological polar surface area (TPSA) is 84.8 Å². The van der Waals surface area contributed by atoms with Crippen LogP contribution in [0.5, 0.6) is 11.5 Å². The molecule has 0 aliphatic heterocycles. The van der Waals surface area contributed by atoms with Crippen LogP contribution < -0.4 is 15.4 Å². The fraction of sp³-hybridized carbons (Fsp3) is 0.222. The Balaban J connectivity index is 1.78. The zero-order valence-corrected chi connectivity index (χ0v) is 22.0. The summed E-state index contributed by atoms with van der Waals surface area (Å²) in [6.07, 6.45) is 2.23. The summed E-state index contributed by atoms with van der Waals surface area (Å²) in [5.41, 5.74) is 3.05. The molecule has 0 spiro atoms. The lowest BCUT2D eigenvalue weighted by Crippen LogP contribution is -2.26. The molecule has 0 fully saturated rings. The van der Waals surface area contributed by atoms with Crippen molar-refractivity contribution in [3.05, 3.63) is 88.4 Å². The number of aryl methyl sites for hydroxylation is 1. The van der Waals surface area contributed by atoms with Gasteiger partial charge in [-0.25, -0.2) is 9.38 Å². The first kappa shape index (κ1) is 27.0. The summed E-state index contributed by atoms with van der Waals surface area (Å²) < 4.78 is 25.3. The van der Waals surface area contributed by atoms with E-state index < -0.39 is 0 Å². The number of halogens is 2. The van der Waals surface area contributed by atoms with Crippen molar-refractivity contribution in [1.82, 2.24) is 10.3 Å². The molecule has 0 unspecified atom stereocenters. The number of rotatable bonds is 10. The highest BCUT2D eigenvalue weighted by Gasteiger charge is 2.11. The number of aliphatic imine (C=N–C) groups is 1. The number of amides is 1. The molecule has 2 N–H and O–H groups in total. The van der Waals surface area contributed by atoms with Crippen LogP contribution >= 0.6 is 15.9 Å². The monoisotopic (exact) mass is 554 g/mol. The van der Waals surface area contributed by atoms with E-state index in [1.807, 2.05) is 26.0 Å². The van der Waals surface area contributed by atoms with Crippen molar-refractivity contribution in [2.24, 2.45) is 4.99 Å². The van der Waals surface area contributed by atoms with Crippen molar-refractivity contribution in [3.8, 4) is 11.5 Å². The maximum absolute atomic E-state index is 14.0. The lowest BCUT2D eigenvalue weighted by atomic mass is 10.2. The van der Waals surface area contributed by atoms with Crippen molar-refractivity contribution < 1.29 is 18.7 Å². The van der Waals surface area contributed by atoms with Gasteiger partial charge in [-0.2, -0.15) is 0 Å². The van der Waals surface area contributed by atoms with Gasteiger partial charge in [0.05, 0.1) is 10.2 Å². The van der Waals surface area contributed by atoms with E-state index in [9.17, 15) is 9.18 Å². The average Bonchev–Trinajstić information content (AvgIpc) is 2.85. The Labute approximate surface area is 218 Å². The molecule has 0 saturated carbocycles. The molecule has 9 heteroatoms. The number of nitrogens with zero attached hydrogens (tertiary/aromatic N) is 2. The van der Waals surface area contributed by atoms with Gasteiger partial charge < -0.3 is 20.1 Å². The molecule has 7 nitrogen and oxygen atoms in total. The van der Waals surface area contributed by atoms with Gasteiger partial charge >= 0.3 is 0 Å². The lowest BCUT2D eigenvalue weighted by Gasteiger charge is -2.13. The number of amidine groups is 1. The van der Waals surface area contributed by atoms with Crippen LogP contribution in [-0.4, -0.2) is 37.0 Å². The van der Waals surface area contributed by atoms with Gasteiger partial charge in [0.25, 0.3) is 5.91 Å². The first-order valence-electron chi connectivity index (χ1n) is 11.2. The number of aromatic nitrogens is 1. The van der Waals surface area contributed by atoms with E-state index >= 15 is 0 Å². The summed E-state index contributed by atoms with van der Waals surface area (Å²) in [6, 6.07) is 13.5. The quantitative estimate of drug-likeness (QED) is 0.168. The maximum Gasteiger partial charge on any atom is 0.270 e. The van der Waals surface area contributed by atoms with E-state index in [1.54, 1.807) is 37.4 Å². The molecule has 188 valence electrons. The molecular formula is C27H28BrFN4O3. The standard InChI is InChI=1S/C27H28BrFN4O3/c1-17(2)26(32-19-7-9-22(28)23(29)14-19)33-24-15-20(8-6-18(24)3)36-21-10-12-30-25(16-21)27(34)31-11-5-13-35-4/h6-10,12,14-16H,1,5,11,13H2,2-4H3,(H,31,34)(H,32,33). The molecule has 1 heterocycles. The molecule has 3 rings (SSSR count). The highest BCUT2D eigenvalue weighted by Crippen LogP contribution is 2.29. The van der Waals surface area contributed by atoms with Crippen LogP contribution in [0.25, 0.3) is 0 Å². The van der Waals surface area contributed by atoms with Crippen molar-refractivity contribution in [2.75, 3.05) is 25.6 Å². The molecule has 0 atom stereocenters. The summed E-state index contributed by atoms with van der Waals surface area (Å²) in [4.78, 5) is 21.2. The highest BCUT2D eigenvalue weighted by molar-refractivity contribution is 9.10. The second kappa shape index (κ2) is 12.9. The Morgan fingerprint density at radius 1 is 1.17 bits per heavy atom. The first-order valence-corrected chi connectivity index (χ1v) is 12.0. The molecule has 3 aromatic rings. The van der Waals surface area contributed by atoms with Gasteiger partial charge in [-0.1, -0.05) is 12.6 Å². The molecule has 0 saturated heterocycles. The van der Waals surface area contributed by atoms with Gasteiger partial charge in [0.15, 0.2) is 0 Å². The Bertz CT molecular complexity index is 1280. The fourth-order valence-corrected chi connectivity index (χ4v) is 3.32. The van der Waals surface area contributed by atoms with E-state index in [1.165, 1.54) is 12.3 Å². The molecule has 36 heavy (non-hydrogen) atoms. The fourth-order valence-electron chi connectivity index (χ4n) is 3.08. The van der Waals surface area contributed by atoms with Gasteiger partial charge in [-0.3, -0.25) is 9.78 Å². The predicted molar refractivity (Wildman–Crippen MR) is 144 cm³/mol.